The first-order valence-corrected chi connectivity index (χ1v) is 14.7. The van der Waals surface area contributed by atoms with Crippen molar-refractivity contribution < 1.29 is 0 Å². The van der Waals surface area contributed by atoms with E-state index >= 15 is 0 Å². The number of nitrogens with two attached hydrogens (primary N) is 2. The van der Waals surface area contributed by atoms with Crippen LogP contribution in [0.15, 0.2) is 140 Å². The Morgan fingerprint density at radius 2 is 1.40 bits per heavy atom. The Bertz CT molecular complexity index is 1710. The molecule has 43 heavy (non-hydrogen) atoms. The summed E-state index contributed by atoms with van der Waals surface area (Å²) in [5.74, 6) is 0.330. The van der Waals surface area contributed by atoms with E-state index in [1.807, 2.05) is 43.4 Å². The zero-order valence-corrected chi connectivity index (χ0v) is 25.1. The van der Waals surface area contributed by atoms with E-state index in [-0.39, 0.29) is 6.04 Å². The predicted molar refractivity (Wildman–Crippen MR) is 189 cm³/mol. The van der Waals surface area contributed by atoms with Gasteiger partial charge in [0.25, 0.3) is 0 Å². The molecule has 1 aliphatic carbocycles. The lowest BCUT2D eigenvalue weighted by Crippen LogP contribution is -2.16. The molecular weight excluding hydrogens is 522 g/mol. The number of hydrogen-bond acceptors (Lipinski definition) is 3. The van der Waals surface area contributed by atoms with E-state index in [0.717, 1.165) is 23.2 Å². The average Bonchev–Trinajstić information content (AvgIpc) is 3.07. The van der Waals surface area contributed by atoms with Gasteiger partial charge in [0.2, 0.25) is 0 Å². The Morgan fingerprint density at radius 3 is 2.00 bits per heavy atom. The summed E-state index contributed by atoms with van der Waals surface area (Å²) in [6, 6.07) is 39.3. The second-order valence-electron chi connectivity index (χ2n) is 10.5. The van der Waals surface area contributed by atoms with Crippen molar-refractivity contribution in [2.24, 2.45) is 5.73 Å². The summed E-state index contributed by atoms with van der Waals surface area (Å²) >= 11 is 0. The molecule has 0 spiro atoms. The zero-order valence-electron chi connectivity index (χ0n) is 25.1. The molecule has 5 N–H and O–H groups in total. The average molecular weight is 564 g/mol. The highest BCUT2D eigenvalue weighted by Gasteiger charge is 2.14. The number of fused-ring (bicyclic) bond motifs is 1. The highest BCUT2D eigenvalue weighted by atomic mass is 14.6. The first kappa shape index (κ1) is 31.0. The minimum absolute atomic E-state index is 0.269. The standard InChI is InChI=1S/C33H29N.C6H9N.CH3N/c1-3-10-32-28(15-9-16-33(32)34)25-17-19-26(20-18-25)29-22-21-27(30-13-7-8-14-31(29)30)23(2)24-11-5-4-6-12-24;7-6-4-2-1-3-5-6;1-2/h3-23H,34H2,1-2H3;1-4,6H,5,7H2;2H,1H2/b10-3-;;. The number of hydrogen-bond donors (Lipinski definition) is 3. The van der Waals surface area contributed by atoms with Crippen LogP contribution in [0.3, 0.4) is 0 Å². The van der Waals surface area contributed by atoms with E-state index in [2.05, 4.69) is 123 Å². The molecule has 216 valence electrons. The molecule has 1 aliphatic rings. The summed E-state index contributed by atoms with van der Waals surface area (Å²) in [6.45, 7) is 6.81. The lowest BCUT2D eigenvalue weighted by Gasteiger charge is -2.18. The predicted octanol–water partition coefficient (Wildman–Crippen LogP) is 10.0. The highest BCUT2D eigenvalue weighted by molar-refractivity contribution is 5.99. The van der Waals surface area contributed by atoms with E-state index < -0.39 is 0 Å². The number of nitrogen functional groups attached to an aromatic ring is 1. The Morgan fingerprint density at radius 1 is 0.744 bits per heavy atom. The molecule has 0 bridgehead atoms. The van der Waals surface area contributed by atoms with Crippen LogP contribution in [0, 0.1) is 5.41 Å². The Kier molecular flexibility index (Phi) is 11.0. The van der Waals surface area contributed by atoms with Crippen molar-refractivity contribution in [2.75, 3.05) is 5.73 Å². The van der Waals surface area contributed by atoms with Crippen molar-refractivity contribution in [1.82, 2.24) is 0 Å². The molecule has 0 saturated heterocycles. The van der Waals surface area contributed by atoms with Crippen LogP contribution >= 0.6 is 0 Å². The number of allylic oxidation sites excluding steroid dienone is 3. The number of rotatable bonds is 5. The van der Waals surface area contributed by atoms with Crippen molar-refractivity contribution in [1.29, 1.82) is 5.41 Å². The van der Waals surface area contributed by atoms with Crippen LogP contribution in [0.5, 0.6) is 0 Å². The van der Waals surface area contributed by atoms with Crippen molar-refractivity contribution in [3.63, 3.8) is 0 Å². The lowest BCUT2D eigenvalue weighted by molar-refractivity contribution is 0.826. The molecule has 0 amide bonds. The number of nitrogens with one attached hydrogen (secondary N) is 1. The van der Waals surface area contributed by atoms with E-state index in [1.54, 1.807) is 0 Å². The molecule has 0 aliphatic heterocycles. The Labute approximate surface area is 256 Å². The fraction of sp³-hybridized carbons (Fsp3) is 0.125. The van der Waals surface area contributed by atoms with Crippen molar-refractivity contribution in [3.05, 3.63) is 156 Å². The highest BCUT2D eigenvalue weighted by Crippen LogP contribution is 2.37. The molecule has 5 aromatic rings. The van der Waals surface area contributed by atoms with Gasteiger partial charge >= 0.3 is 0 Å². The van der Waals surface area contributed by atoms with Gasteiger partial charge in [-0.25, -0.2) is 0 Å². The molecule has 2 atom stereocenters. The van der Waals surface area contributed by atoms with Crippen molar-refractivity contribution in [3.8, 4) is 22.3 Å². The third-order valence-corrected chi connectivity index (χ3v) is 7.72. The van der Waals surface area contributed by atoms with Gasteiger partial charge in [0.05, 0.1) is 0 Å². The van der Waals surface area contributed by atoms with Crippen molar-refractivity contribution >= 4 is 29.3 Å². The maximum absolute atomic E-state index is 6.26. The third kappa shape index (κ3) is 7.45. The van der Waals surface area contributed by atoms with Crippen LogP contribution in [0.25, 0.3) is 39.1 Å². The molecule has 0 fully saturated rings. The summed E-state index contributed by atoms with van der Waals surface area (Å²) < 4.78 is 0. The summed E-state index contributed by atoms with van der Waals surface area (Å²) in [4.78, 5) is 0. The smallest absolute Gasteiger partial charge is 0.0393 e. The molecule has 6 rings (SSSR count). The molecular formula is C40H41N3. The maximum atomic E-state index is 6.26. The molecule has 0 aromatic heterocycles. The summed E-state index contributed by atoms with van der Waals surface area (Å²) in [5, 5.41) is 8.10. The fourth-order valence-electron chi connectivity index (χ4n) is 5.49. The van der Waals surface area contributed by atoms with Gasteiger partial charge < -0.3 is 16.9 Å². The van der Waals surface area contributed by atoms with E-state index in [9.17, 15) is 0 Å². The Hall–Kier alpha value is -4.99. The molecule has 2 unspecified atom stereocenters. The fourth-order valence-corrected chi connectivity index (χ4v) is 5.49. The largest absolute Gasteiger partial charge is 0.398 e. The topological polar surface area (TPSA) is 75.9 Å². The number of benzene rings is 5. The van der Waals surface area contributed by atoms with Gasteiger partial charge in [-0.1, -0.05) is 147 Å². The third-order valence-electron chi connectivity index (χ3n) is 7.72. The first-order chi connectivity index (χ1) is 21.1. The zero-order chi connectivity index (χ0) is 30.6. The van der Waals surface area contributed by atoms with Gasteiger partial charge in [-0.3, -0.25) is 0 Å². The summed E-state index contributed by atoms with van der Waals surface area (Å²) in [7, 11) is 0. The van der Waals surface area contributed by atoms with Gasteiger partial charge in [-0.15, -0.1) is 0 Å². The van der Waals surface area contributed by atoms with E-state index in [4.69, 9.17) is 16.9 Å². The normalized spacial score (nSPS) is 14.4. The van der Waals surface area contributed by atoms with Gasteiger partial charge in [-0.05, 0) is 70.3 Å². The monoisotopic (exact) mass is 563 g/mol. The minimum Gasteiger partial charge on any atom is -0.398 e. The minimum atomic E-state index is 0.269. The number of anilines is 1. The lowest BCUT2D eigenvalue weighted by atomic mass is 9.86. The second-order valence-corrected chi connectivity index (χ2v) is 10.5. The summed E-state index contributed by atoms with van der Waals surface area (Å²) in [6.07, 6.45) is 13.2. The van der Waals surface area contributed by atoms with Crippen molar-refractivity contribution in [2.45, 2.75) is 32.2 Å². The molecule has 0 heterocycles. The molecule has 3 nitrogen and oxygen atoms in total. The van der Waals surface area contributed by atoms with Crippen LogP contribution in [0.4, 0.5) is 5.69 Å². The van der Waals surface area contributed by atoms with Crippen LogP contribution < -0.4 is 11.5 Å². The van der Waals surface area contributed by atoms with Crippen LogP contribution in [0.1, 0.15) is 42.9 Å². The van der Waals surface area contributed by atoms with Crippen LogP contribution in [0.2, 0.25) is 0 Å². The van der Waals surface area contributed by atoms with Gasteiger partial charge in [0, 0.05) is 23.2 Å². The second kappa shape index (κ2) is 15.3. The van der Waals surface area contributed by atoms with E-state index in [0.29, 0.717) is 5.92 Å². The van der Waals surface area contributed by atoms with E-state index in [1.165, 1.54) is 38.6 Å². The van der Waals surface area contributed by atoms with Crippen LogP contribution in [-0.4, -0.2) is 12.8 Å². The maximum Gasteiger partial charge on any atom is 0.0393 e. The van der Waals surface area contributed by atoms with Gasteiger partial charge in [-0.2, -0.15) is 0 Å². The van der Waals surface area contributed by atoms with Gasteiger partial charge in [0.1, 0.15) is 0 Å². The summed E-state index contributed by atoms with van der Waals surface area (Å²) in [5.41, 5.74) is 21.1. The molecule has 5 aromatic carbocycles. The quantitative estimate of drug-likeness (QED) is 0.147. The molecule has 0 saturated carbocycles. The molecule has 3 heteroatoms. The molecule has 0 radical (unpaired) electrons. The Balaban J connectivity index is 0.000000409. The van der Waals surface area contributed by atoms with Gasteiger partial charge in [0.15, 0.2) is 0 Å². The SMILES string of the molecule is C/C=C\c1c(N)cccc1-c1ccc(-c2ccc(C(C)c3ccccc3)c3ccccc23)cc1.C=N.NC1C=CC=CC1. The van der Waals surface area contributed by atoms with Crippen LogP contribution in [-0.2, 0) is 0 Å². The first-order valence-electron chi connectivity index (χ1n) is 14.7.